The van der Waals surface area contributed by atoms with E-state index in [0.29, 0.717) is 29.6 Å². The predicted molar refractivity (Wildman–Crippen MR) is 425 cm³/mol. The second kappa shape index (κ2) is 54.7. The number of benzene rings is 7. The highest BCUT2D eigenvalue weighted by Gasteiger charge is 2.18. The van der Waals surface area contributed by atoms with E-state index in [9.17, 15) is 19.2 Å². The van der Waals surface area contributed by atoms with Gasteiger partial charge in [0.05, 0.1) is 12.5 Å². The number of pyridine rings is 1. The molecular weight excluding hydrogens is 1260 g/mol. The summed E-state index contributed by atoms with van der Waals surface area (Å²) in [4.78, 5) is 49.7. The van der Waals surface area contributed by atoms with Crippen molar-refractivity contribution in [1.29, 1.82) is 0 Å². The van der Waals surface area contributed by atoms with Crippen molar-refractivity contribution in [2.45, 2.75) is 205 Å². The van der Waals surface area contributed by atoms with E-state index < -0.39 is 0 Å². The monoisotopic (exact) mass is 1370 g/mol. The Balaban J connectivity index is 0.000000173. The molecule has 7 aromatic carbocycles. The second-order valence-electron chi connectivity index (χ2n) is 25.8. The molecule has 4 saturated carbocycles. The number of aromatic amines is 1. The van der Waals surface area contributed by atoms with Crippen LogP contribution in [0.3, 0.4) is 0 Å². The lowest BCUT2D eigenvalue weighted by molar-refractivity contribution is -0.120. The number of nitrogens with one attached hydrogen (secondary N) is 1. The van der Waals surface area contributed by atoms with Crippen LogP contribution in [0.25, 0.3) is 10.8 Å². The molecule has 0 bridgehead atoms. The number of fused-ring (bicyclic) bond motifs is 5. The van der Waals surface area contributed by atoms with Crippen LogP contribution in [0.5, 0.6) is 0 Å². The van der Waals surface area contributed by atoms with Crippen molar-refractivity contribution in [1.82, 2.24) is 9.97 Å². The van der Waals surface area contributed by atoms with Crippen LogP contribution in [0.4, 0.5) is 0 Å². The van der Waals surface area contributed by atoms with Gasteiger partial charge in [0, 0.05) is 74.4 Å². The summed E-state index contributed by atoms with van der Waals surface area (Å²) in [6, 6.07) is 79.3. The maximum absolute atomic E-state index is 11.3. The lowest BCUT2D eigenvalue weighted by Crippen LogP contribution is -2.09. The van der Waals surface area contributed by atoms with Crippen LogP contribution in [-0.2, 0) is 48.1 Å². The van der Waals surface area contributed by atoms with Gasteiger partial charge in [0.2, 0.25) is 0 Å². The van der Waals surface area contributed by atoms with Gasteiger partial charge in [-0.15, -0.1) is 0 Å². The Morgan fingerprint density at radius 1 is 0.257 bits per heavy atom. The minimum Gasteiger partial charge on any atom is -0.473 e. The Labute approximate surface area is 609 Å². The quantitative estimate of drug-likeness (QED) is 0.162. The minimum atomic E-state index is 0.301. The van der Waals surface area contributed by atoms with Gasteiger partial charge in [-0.05, 0) is 181 Å². The Morgan fingerprint density at radius 3 is 0.871 bits per heavy atom. The summed E-state index contributed by atoms with van der Waals surface area (Å²) in [5, 5.41) is 6.70. The third-order valence-corrected chi connectivity index (χ3v) is 18.6. The smallest absolute Gasteiger partial charge is 0.163 e. The normalized spacial score (nSPS) is 14.9. The molecule has 0 aliphatic heterocycles. The lowest BCUT2D eigenvalue weighted by atomic mass is 9.91. The molecule has 4 heterocycles. The van der Waals surface area contributed by atoms with Crippen molar-refractivity contribution in [3.05, 3.63) is 329 Å². The number of hydrogen-bond donors (Lipinski definition) is 1. The van der Waals surface area contributed by atoms with Gasteiger partial charge < -0.3 is 9.40 Å². The van der Waals surface area contributed by atoms with Gasteiger partial charge in [0.1, 0.15) is 11.6 Å². The molecule has 0 amide bonds. The van der Waals surface area contributed by atoms with Crippen LogP contribution in [0.15, 0.2) is 289 Å². The minimum absolute atomic E-state index is 0.301. The topological polar surface area (TPSA) is 110 Å². The fraction of sp³-hybridized carbons (Fsp3) is 0.344. The maximum Gasteiger partial charge on any atom is 0.163 e. The van der Waals surface area contributed by atoms with Gasteiger partial charge in [-0.25, -0.2) is 0 Å². The number of nitrogens with zero attached hydrogens (tertiary/aromatic N) is 1. The van der Waals surface area contributed by atoms with Gasteiger partial charge >= 0.3 is 0 Å². The number of aryl methyl sites for hydroxylation is 6. The van der Waals surface area contributed by atoms with E-state index in [1.54, 1.807) is 58.5 Å². The molecule has 8 aliphatic rings. The molecule has 8 heteroatoms. The molecule has 1 N–H and O–H groups in total. The van der Waals surface area contributed by atoms with Crippen LogP contribution >= 0.6 is 11.3 Å². The summed E-state index contributed by atoms with van der Waals surface area (Å²) in [7, 11) is 0. The number of ketones is 4. The summed E-state index contributed by atoms with van der Waals surface area (Å²) in [5.41, 5.74) is 10.6. The molecule has 0 spiro atoms. The summed E-state index contributed by atoms with van der Waals surface area (Å²) >= 11 is 1.71. The first-order valence-corrected chi connectivity index (χ1v) is 38.6. The van der Waals surface area contributed by atoms with E-state index in [1.165, 1.54) is 144 Å². The van der Waals surface area contributed by atoms with Gasteiger partial charge in [-0.1, -0.05) is 277 Å². The molecule has 0 radical (unpaired) electrons. The molecule has 0 unspecified atom stereocenters. The first kappa shape index (κ1) is 80.9. The number of Topliss-reactive ketones (excluding diaryl/α,β-unsaturated/α-hetero) is 4. The molecule has 4 fully saturated rings. The first-order chi connectivity index (χ1) is 49.9. The molecule has 0 atom stereocenters. The van der Waals surface area contributed by atoms with Gasteiger partial charge in [-0.2, -0.15) is 11.3 Å². The maximum atomic E-state index is 11.3. The Morgan fingerprint density at radius 2 is 0.564 bits per heavy atom. The molecule has 101 heavy (non-hydrogen) atoms. The van der Waals surface area contributed by atoms with E-state index >= 15 is 0 Å². The Kier molecular flexibility index (Phi) is 43.8. The van der Waals surface area contributed by atoms with Crippen LogP contribution < -0.4 is 0 Å². The van der Waals surface area contributed by atoms with Crippen molar-refractivity contribution in [3.8, 4) is 0 Å². The van der Waals surface area contributed by atoms with Crippen LogP contribution in [-0.4, -0.2) is 33.1 Å². The second-order valence-corrected chi connectivity index (χ2v) is 26.7. The molecule has 530 valence electrons. The fourth-order valence-electron chi connectivity index (χ4n) is 12.4. The SMILES string of the molecule is C1CCCC1.C1CCCCC1.O=C1CCCC1.O=C1CCCCC1.O=C1CCCc2ccccc21.O=C1CCc2ccccc21.c1cc[nH]c1.c1ccc2c(c1)CCC2.c1ccc2c(c1)CCCC2.c1ccc2ccccc2c1.c1ccccc1.c1ccncc1.c1ccoc1.c1ccsc1. The standard InChI is InChI=1S/C10H10O.C10H12.C10H8.C9H8O.C9H10.C6H10O.C6H12.C6H6.C5H5N.C5H8O.C5H10.C4H5N.C4H4O.C4H4S/c11-10-7-3-5-8-4-1-2-6-9(8)10;2*1-2-6-10-8-4-3-7-9(10)5-1;10-9-6-5-7-3-1-2-4-8(7)9;1-2-5-9-7-3-6-8(9)4-1;7-6-4-2-1-3-5-6;3*1-2-4-6-5-3-1;6-5-3-1-2-4-5;4*1-2-4-5-3-1/h1-2,4,6H,3,5,7H2;1-2,5-6H,3-4,7-8H2;1-8H;1-4H,5-6H2;1-2,4-5H,3,6-7H2;1-5H2;1-6H2;1-6H;1-5H;1-4H2;1-5H2;1-5H;2*1-4H. The first-order valence-electron chi connectivity index (χ1n) is 37.6. The molecule has 4 aromatic heterocycles. The van der Waals surface area contributed by atoms with E-state index in [1.807, 2.05) is 163 Å². The number of carbonyl (C=O) groups is 4. The number of carbonyl (C=O) groups excluding carboxylic acids is 4. The van der Waals surface area contributed by atoms with E-state index in [4.69, 9.17) is 0 Å². The van der Waals surface area contributed by atoms with Crippen LogP contribution in [0.1, 0.15) is 221 Å². The van der Waals surface area contributed by atoms with Crippen molar-refractivity contribution in [3.63, 3.8) is 0 Å². The summed E-state index contributed by atoms with van der Waals surface area (Å²) < 4.78 is 4.58. The predicted octanol–water partition coefficient (Wildman–Crippen LogP) is 25.4. The zero-order valence-corrected chi connectivity index (χ0v) is 61.0. The van der Waals surface area contributed by atoms with E-state index in [2.05, 4.69) is 111 Å². The number of rotatable bonds is 0. The van der Waals surface area contributed by atoms with E-state index in [-0.39, 0.29) is 0 Å². The highest BCUT2D eigenvalue weighted by atomic mass is 32.1. The average Bonchev–Trinajstić information content (AvgIpc) is 1.77. The molecule has 7 nitrogen and oxygen atoms in total. The number of hydrogen-bond acceptors (Lipinski definition) is 7. The zero-order valence-electron chi connectivity index (χ0n) is 60.2. The Hall–Kier alpha value is -9.11. The number of furan rings is 1. The van der Waals surface area contributed by atoms with Crippen molar-refractivity contribution in [2.24, 2.45) is 0 Å². The van der Waals surface area contributed by atoms with Crippen molar-refractivity contribution < 1.29 is 23.6 Å². The van der Waals surface area contributed by atoms with Gasteiger partial charge in [0.15, 0.2) is 11.6 Å². The molecule has 0 saturated heterocycles. The Bertz CT molecular complexity index is 3430. The summed E-state index contributed by atoms with van der Waals surface area (Å²) in [5.74, 6) is 1.53. The lowest BCUT2D eigenvalue weighted by Gasteiger charge is -2.13. The molecule has 8 aliphatic carbocycles. The third-order valence-electron chi connectivity index (χ3n) is 17.9. The fourth-order valence-corrected chi connectivity index (χ4v) is 12.8. The zero-order chi connectivity index (χ0) is 70.8. The van der Waals surface area contributed by atoms with Crippen LogP contribution in [0.2, 0.25) is 0 Å². The van der Waals surface area contributed by atoms with Crippen molar-refractivity contribution in [2.75, 3.05) is 0 Å². The largest absolute Gasteiger partial charge is 0.473 e. The van der Waals surface area contributed by atoms with Gasteiger partial charge in [0.25, 0.3) is 0 Å². The summed E-state index contributed by atoms with van der Waals surface area (Å²) in [6.45, 7) is 0. The third kappa shape index (κ3) is 37.8. The highest BCUT2D eigenvalue weighted by molar-refractivity contribution is 7.07. The summed E-state index contributed by atoms with van der Waals surface area (Å²) in [6.07, 6.45) is 50.0. The van der Waals surface area contributed by atoms with Crippen molar-refractivity contribution >= 4 is 45.2 Å². The average molecular weight is 1370 g/mol. The van der Waals surface area contributed by atoms with Crippen LogP contribution in [0, 0.1) is 0 Å². The number of aromatic nitrogens is 2. The number of H-pyrrole nitrogens is 1. The van der Waals surface area contributed by atoms with E-state index in [0.717, 1.165) is 88.2 Å². The molecule has 19 rings (SSSR count). The molecule has 11 aromatic rings. The van der Waals surface area contributed by atoms with Gasteiger partial charge in [-0.3, -0.25) is 24.2 Å². The highest BCUT2D eigenvalue weighted by Crippen LogP contribution is 2.24. The molecular formula is C93H112N2O5S. The number of thiophene rings is 1.